The summed E-state index contributed by atoms with van der Waals surface area (Å²) in [5, 5.41) is 20.4. The highest BCUT2D eigenvalue weighted by Crippen LogP contribution is 2.50. The zero-order valence-electron chi connectivity index (χ0n) is 22.6. The number of H-pyrrole nitrogens is 1. The standard InChI is InChI=1S/C28H35F3N4O5/c1-39-16-28(30,31)27(38)8-5-18(6-9-27)32-24(36)17-7-12-35(26(15-17)10-11-26)25(37)23-14-22(33-34-23)20-13-19(40-2)3-4-21(20)29/h3-4,13-14,17-18,38H,5-12,15-16H2,1-2H3,(H,32,36)(H,33,34)/t17-,18-,27-/m1/s1. The summed E-state index contributed by atoms with van der Waals surface area (Å²) in [5.41, 5.74) is -1.79. The maximum atomic E-state index is 14.4. The minimum absolute atomic E-state index is 0.128. The molecule has 1 saturated heterocycles. The molecule has 0 unspecified atom stereocenters. The average Bonchev–Trinajstić information content (AvgIpc) is 3.50. The van der Waals surface area contributed by atoms with Gasteiger partial charge in [-0.15, -0.1) is 0 Å². The van der Waals surface area contributed by atoms with Crippen LogP contribution in [0.3, 0.4) is 0 Å². The van der Waals surface area contributed by atoms with Crippen molar-refractivity contribution >= 4 is 11.8 Å². The summed E-state index contributed by atoms with van der Waals surface area (Å²) in [6.07, 6.45) is 2.76. The average molecular weight is 565 g/mol. The van der Waals surface area contributed by atoms with Crippen molar-refractivity contribution in [2.75, 3.05) is 27.4 Å². The minimum atomic E-state index is -3.36. The molecule has 2 aromatic rings. The van der Waals surface area contributed by atoms with Crippen LogP contribution in [0.5, 0.6) is 5.75 Å². The molecule has 1 atom stereocenters. The first-order valence-corrected chi connectivity index (χ1v) is 13.6. The SMILES string of the molecule is COCC(F)(F)[C@]1(O)CC[C@H](NC(=O)[C@@H]2CCN(C(=O)c3cc(-c4cc(OC)ccc4F)[nH]n3)C3(CC3)C2)CC1. The summed E-state index contributed by atoms with van der Waals surface area (Å²) < 4.78 is 52.8. The fourth-order valence-corrected chi connectivity index (χ4v) is 6.14. The van der Waals surface area contributed by atoms with Gasteiger partial charge in [-0.05, 0) is 75.6 Å². The lowest BCUT2D eigenvalue weighted by Gasteiger charge is -2.42. The van der Waals surface area contributed by atoms with E-state index in [1.165, 1.54) is 38.5 Å². The molecule has 0 radical (unpaired) electrons. The van der Waals surface area contributed by atoms with Gasteiger partial charge in [-0.1, -0.05) is 0 Å². The van der Waals surface area contributed by atoms with Gasteiger partial charge in [-0.3, -0.25) is 14.7 Å². The number of piperidine rings is 1. The predicted molar refractivity (Wildman–Crippen MR) is 138 cm³/mol. The third kappa shape index (κ3) is 5.30. The Kier molecular flexibility index (Phi) is 7.60. The van der Waals surface area contributed by atoms with Gasteiger partial charge in [0.1, 0.15) is 23.8 Å². The van der Waals surface area contributed by atoms with E-state index in [9.17, 15) is 27.9 Å². The Hall–Kier alpha value is -3.12. The van der Waals surface area contributed by atoms with Crippen LogP contribution in [-0.4, -0.2) is 82.5 Å². The maximum Gasteiger partial charge on any atom is 0.298 e. The van der Waals surface area contributed by atoms with Gasteiger partial charge in [0.15, 0.2) is 5.69 Å². The van der Waals surface area contributed by atoms with Gasteiger partial charge in [-0.25, -0.2) is 13.2 Å². The Morgan fingerprint density at radius 3 is 2.55 bits per heavy atom. The van der Waals surface area contributed by atoms with Crippen molar-refractivity contribution in [1.82, 2.24) is 20.4 Å². The largest absolute Gasteiger partial charge is 0.497 e. The summed E-state index contributed by atoms with van der Waals surface area (Å²) in [6, 6.07) is 5.56. The molecule has 1 aliphatic heterocycles. The van der Waals surface area contributed by atoms with Crippen molar-refractivity contribution in [2.24, 2.45) is 5.92 Å². The predicted octanol–water partition coefficient (Wildman–Crippen LogP) is 3.68. The molecule has 5 rings (SSSR count). The third-order valence-corrected chi connectivity index (χ3v) is 8.77. The van der Waals surface area contributed by atoms with E-state index in [1.807, 2.05) is 0 Å². The first kappa shape index (κ1) is 28.4. The molecule has 3 fully saturated rings. The van der Waals surface area contributed by atoms with Gasteiger partial charge in [0.25, 0.3) is 11.8 Å². The molecule has 218 valence electrons. The zero-order valence-corrected chi connectivity index (χ0v) is 22.6. The Balaban J connectivity index is 1.18. The second-order valence-electron chi connectivity index (χ2n) is 11.3. The Labute approximate surface area is 230 Å². The van der Waals surface area contributed by atoms with Crippen LogP contribution in [0.15, 0.2) is 24.3 Å². The number of hydrogen-bond donors (Lipinski definition) is 3. The number of nitrogens with one attached hydrogen (secondary N) is 2. The molecule has 0 bridgehead atoms. The normalized spacial score (nSPS) is 26.0. The highest BCUT2D eigenvalue weighted by atomic mass is 19.3. The smallest absolute Gasteiger partial charge is 0.298 e. The highest BCUT2D eigenvalue weighted by molar-refractivity contribution is 5.94. The van der Waals surface area contributed by atoms with E-state index in [2.05, 4.69) is 20.3 Å². The lowest BCUT2D eigenvalue weighted by molar-refractivity contribution is -0.218. The molecule has 3 N–H and O–H groups in total. The molecule has 2 aliphatic carbocycles. The summed E-state index contributed by atoms with van der Waals surface area (Å²) in [4.78, 5) is 28.3. The Morgan fingerprint density at radius 2 is 1.90 bits per heavy atom. The second kappa shape index (κ2) is 10.7. The van der Waals surface area contributed by atoms with Crippen LogP contribution in [0.4, 0.5) is 13.2 Å². The van der Waals surface area contributed by atoms with E-state index in [0.29, 0.717) is 30.8 Å². The molecule has 2 heterocycles. The molecular formula is C28H35F3N4O5. The van der Waals surface area contributed by atoms with E-state index in [1.54, 1.807) is 4.90 Å². The highest BCUT2D eigenvalue weighted by Gasteiger charge is 2.56. The van der Waals surface area contributed by atoms with Gasteiger partial charge in [0.05, 0.1) is 12.8 Å². The summed E-state index contributed by atoms with van der Waals surface area (Å²) in [6.45, 7) is -0.475. The van der Waals surface area contributed by atoms with Crippen molar-refractivity contribution in [3.05, 3.63) is 35.8 Å². The number of ether oxygens (including phenoxy) is 2. The number of rotatable bonds is 8. The summed E-state index contributed by atoms with van der Waals surface area (Å²) >= 11 is 0. The van der Waals surface area contributed by atoms with E-state index < -0.39 is 29.5 Å². The lowest BCUT2D eigenvalue weighted by atomic mass is 9.78. The van der Waals surface area contributed by atoms with E-state index in [4.69, 9.17) is 4.74 Å². The van der Waals surface area contributed by atoms with Gasteiger partial charge in [-0.2, -0.15) is 5.10 Å². The molecule has 9 nitrogen and oxygen atoms in total. The molecular weight excluding hydrogens is 529 g/mol. The number of amides is 2. The number of benzene rings is 1. The van der Waals surface area contributed by atoms with Crippen LogP contribution in [0, 0.1) is 11.7 Å². The molecule has 40 heavy (non-hydrogen) atoms. The number of aromatic nitrogens is 2. The quantitative estimate of drug-likeness (QED) is 0.451. The first-order valence-electron chi connectivity index (χ1n) is 13.6. The van der Waals surface area contributed by atoms with E-state index in [-0.39, 0.29) is 60.7 Å². The second-order valence-corrected chi connectivity index (χ2v) is 11.3. The maximum absolute atomic E-state index is 14.4. The molecule has 12 heteroatoms. The van der Waals surface area contributed by atoms with Crippen LogP contribution < -0.4 is 10.1 Å². The van der Waals surface area contributed by atoms with Gasteiger partial charge >= 0.3 is 0 Å². The molecule has 1 spiro atoms. The molecule has 2 amide bonds. The number of carbonyl (C=O) groups is 2. The minimum Gasteiger partial charge on any atom is -0.497 e. The topological polar surface area (TPSA) is 117 Å². The summed E-state index contributed by atoms with van der Waals surface area (Å²) in [7, 11) is 2.66. The number of nitrogens with zero attached hydrogens (tertiary/aromatic N) is 2. The van der Waals surface area contributed by atoms with Crippen LogP contribution in [-0.2, 0) is 9.53 Å². The number of likely N-dealkylation sites (tertiary alicyclic amines) is 1. The number of aromatic amines is 1. The molecule has 1 aromatic heterocycles. The monoisotopic (exact) mass is 564 g/mol. The van der Waals surface area contributed by atoms with Crippen molar-refractivity contribution < 1.29 is 37.3 Å². The van der Waals surface area contributed by atoms with E-state index >= 15 is 0 Å². The molecule has 1 aromatic carbocycles. The fraction of sp³-hybridized carbons (Fsp3) is 0.607. The van der Waals surface area contributed by atoms with Gasteiger partial charge < -0.3 is 24.8 Å². The van der Waals surface area contributed by atoms with Crippen molar-refractivity contribution in [3.63, 3.8) is 0 Å². The number of halogens is 3. The van der Waals surface area contributed by atoms with Crippen LogP contribution in [0.1, 0.15) is 61.9 Å². The van der Waals surface area contributed by atoms with Crippen molar-refractivity contribution in [2.45, 2.75) is 74.5 Å². The third-order valence-electron chi connectivity index (χ3n) is 8.77. The van der Waals surface area contributed by atoms with Crippen LogP contribution in [0.25, 0.3) is 11.3 Å². The number of hydrogen-bond acceptors (Lipinski definition) is 6. The molecule has 3 aliphatic rings. The number of methoxy groups -OCH3 is 2. The lowest BCUT2D eigenvalue weighted by Crippen LogP contribution is -2.56. The van der Waals surface area contributed by atoms with Crippen molar-refractivity contribution in [1.29, 1.82) is 0 Å². The number of aliphatic hydroxyl groups is 1. The zero-order chi connectivity index (χ0) is 28.7. The van der Waals surface area contributed by atoms with Crippen molar-refractivity contribution in [3.8, 4) is 17.0 Å². The molecule has 2 saturated carbocycles. The fourth-order valence-electron chi connectivity index (χ4n) is 6.14. The Bertz CT molecular complexity index is 1260. The first-order chi connectivity index (χ1) is 19.0. The number of alkyl halides is 2. The Morgan fingerprint density at radius 1 is 1.18 bits per heavy atom. The van der Waals surface area contributed by atoms with E-state index in [0.717, 1.165) is 12.8 Å². The summed E-state index contributed by atoms with van der Waals surface area (Å²) in [5.74, 6) is -4.07. The van der Waals surface area contributed by atoms with Crippen LogP contribution in [0.2, 0.25) is 0 Å². The van der Waals surface area contributed by atoms with Gasteiger partial charge in [0.2, 0.25) is 5.91 Å². The number of carbonyl (C=O) groups excluding carboxylic acids is 2. The van der Waals surface area contributed by atoms with Crippen LogP contribution >= 0.6 is 0 Å². The van der Waals surface area contributed by atoms with Gasteiger partial charge in [0, 0.05) is 36.7 Å².